The summed E-state index contributed by atoms with van der Waals surface area (Å²) >= 11 is 0. The normalized spacial score (nSPS) is 14.0. The van der Waals surface area contributed by atoms with Crippen molar-refractivity contribution < 1.29 is 38.6 Å². The van der Waals surface area contributed by atoms with Gasteiger partial charge in [-0.3, -0.25) is 9.78 Å². The van der Waals surface area contributed by atoms with Crippen LogP contribution >= 0.6 is 0 Å². The van der Waals surface area contributed by atoms with Crippen LogP contribution in [0.5, 0.6) is 0 Å². The Morgan fingerprint density at radius 3 is 1.50 bits per heavy atom. The van der Waals surface area contributed by atoms with Gasteiger partial charge >= 0.3 is 11.9 Å². The van der Waals surface area contributed by atoms with Gasteiger partial charge in [0.05, 0.1) is 0 Å². The number of hydrogen-bond donors (Lipinski definition) is 0. The zero-order valence-corrected chi connectivity index (χ0v) is 12.0. The SMILES string of the molecule is CCOC(C)OOC(=O)/C=C\C(=O)OOC(C)OCC. The molecule has 0 heterocycles. The van der Waals surface area contributed by atoms with Gasteiger partial charge in [0.15, 0.2) is 12.6 Å². The third kappa shape index (κ3) is 10.4. The Labute approximate surface area is 117 Å². The first-order valence-electron chi connectivity index (χ1n) is 6.15. The van der Waals surface area contributed by atoms with E-state index in [1.54, 1.807) is 27.7 Å². The lowest BCUT2D eigenvalue weighted by molar-refractivity contribution is -0.344. The zero-order valence-electron chi connectivity index (χ0n) is 12.0. The molecule has 0 N–H and O–H groups in total. The van der Waals surface area contributed by atoms with Crippen LogP contribution in [-0.4, -0.2) is 37.7 Å². The van der Waals surface area contributed by atoms with Crippen LogP contribution in [0, 0.1) is 0 Å². The minimum atomic E-state index is -0.883. The molecule has 0 spiro atoms. The van der Waals surface area contributed by atoms with Crippen LogP contribution in [-0.2, 0) is 38.6 Å². The maximum atomic E-state index is 11.1. The highest BCUT2D eigenvalue weighted by molar-refractivity contribution is 5.91. The van der Waals surface area contributed by atoms with Crippen molar-refractivity contribution >= 4 is 11.9 Å². The van der Waals surface area contributed by atoms with Crippen molar-refractivity contribution in [3.8, 4) is 0 Å². The molecule has 0 amide bonds. The Morgan fingerprint density at radius 2 is 1.20 bits per heavy atom. The Balaban J connectivity index is 3.85. The van der Waals surface area contributed by atoms with Crippen LogP contribution in [0.2, 0.25) is 0 Å². The minimum absolute atomic E-state index is 0.413. The molecule has 116 valence electrons. The van der Waals surface area contributed by atoms with Crippen LogP contribution < -0.4 is 0 Å². The summed E-state index contributed by atoms with van der Waals surface area (Å²) in [6.07, 6.45) is 0.269. The fraction of sp³-hybridized carbons (Fsp3) is 0.667. The molecule has 0 rings (SSSR count). The second kappa shape index (κ2) is 11.4. The zero-order chi connectivity index (χ0) is 15.4. The van der Waals surface area contributed by atoms with E-state index in [0.717, 1.165) is 12.2 Å². The quantitative estimate of drug-likeness (QED) is 0.257. The van der Waals surface area contributed by atoms with Crippen molar-refractivity contribution in [2.45, 2.75) is 40.3 Å². The van der Waals surface area contributed by atoms with Crippen molar-refractivity contribution in [1.29, 1.82) is 0 Å². The molecule has 0 aliphatic carbocycles. The Hall–Kier alpha value is -1.48. The molecule has 0 fully saturated rings. The summed E-state index contributed by atoms with van der Waals surface area (Å²) in [6, 6.07) is 0. The highest BCUT2D eigenvalue weighted by Crippen LogP contribution is 1.97. The van der Waals surface area contributed by atoms with Crippen LogP contribution in [0.1, 0.15) is 27.7 Å². The molecule has 0 aromatic heterocycles. The Bertz CT molecular complexity index is 285. The molecule has 0 saturated carbocycles. The van der Waals surface area contributed by atoms with Crippen molar-refractivity contribution in [2.24, 2.45) is 0 Å². The molecule has 0 aliphatic rings. The first kappa shape index (κ1) is 18.5. The van der Waals surface area contributed by atoms with Crippen LogP contribution in [0.25, 0.3) is 0 Å². The third-order valence-corrected chi connectivity index (χ3v) is 1.69. The monoisotopic (exact) mass is 292 g/mol. The van der Waals surface area contributed by atoms with E-state index in [1.807, 2.05) is 0 Å². The minimum Gasteiger partial charge on any atom is -0.349 e. The standard InChI is InChI=1S/C12H20O8/c1-5-15-9(3)17-19-11(13)7-8-12(14)20-18-10(4)16-6-2/h7-10H,5-6H2,1-4H3/b8-7-. The first-order chi connectivity index (χ1) is 9.49. The van der Waals surface area contributed by atoms with Gasteiger partial charge in [0, 0.05) is 25.4 Å². The highest BCUT2D eigenvalue weighted by Gasteiger charge is 2.08. The molecule has 8 heteroatoms. The molecule has 0 aliphatic heterocycles. The lowest BCUT2D eigenvalue weighted by Crippen LogP contribution is -2.16. The number of carbonyl (C=O) groups excluding carboxylic acids is 2. The fourth-order valence-electron chi connectivity index (χ4n) is 0.947. The molecule has 0 saturated heterocycles. The lowest BCUT2D eigenvalue weighted by Gasteiger charge is -2.10. The Kier molecular flexibility index (Phi) is 10.5. The van der Waals surface area contributed by atoms with Crippen LogP contribution in [0.3, 0.4) is 0 Å². The summed E-state index contributed by atoms with van der Waals surface area (Å²) < 4.78 is 9.91. The first-order valence-corrected chi connectivity index (χ1v) is 6.15. The summed E-state index contributed by atoms with van der Waals surface area (Å²) in [5.41, 5.74) is 0. The van der Waals surface area contributed by atoms with E-state index in [2.05, 4.69) is 19.6 Å². The molecule has 0 bridgehead atoms. The molecular weight excluding hydrogens is 272 g/mol. The van der Waals surface area contributed by atoms with E-state index >= 15 is 0 Å². The summed E-state index contributed by atoms with van der Waals surface area (Å²) in [5, 5.41) is 0. The van der Waals surface area contributed by atoms with Gasteiger partial charge in [-0.25, -0.2) is 9.59 Å². The predicted octanol–water partition coefficient (Wildman–Crippen LogP) is 1.26. The smallest absolute Gasteiger partial charge is 0.349 e. The van der Waals surface area contributed by atoms with Crippen molar-refractivity contribution in [1.82, 2.24) is 0 Å². The molecule has 20 heavy (non-hydrogen) atoms. The van der Waals surface area contributed by atoms with E-state index in [9.17, 15) is 9.59 Å². The van der Waals surface area contributed by atoms with Crippen molar-refractivity contribution in [3.63, 3.8) is 0 Å². The van der Waals surface area contributed by atoms with Crippen LogP contribution in [0.15, 0.2) is 12.2 Å². The molecule has 8 nitrogen and oxygen atoms in total. The van der Waals surface area contributed by atoms with Gasteiger partial charge in [-0.2, -0.15) is 9.78 Å². The number of rotatable bonds is 10. The molecular formula is C12H20O8. The summed E-state index contributed by atoms with van der Waals surface area (Å²) in [5.74, 6) is -1.77. The molecule has 2 unspecified atom stereocenters. The second-order valence-corrected chi connectivity index (χ2v) is 3.38. The summed E-state index contributed by atoms with van der Waals surface area (Å²) in [7, 11) is 0. The van der Waals surface area contributed by atoms with E-state index in [1.165, 1.54) is 0 Å². The number of hydrogen-bond acceptors (Lipinski definition) is 8. The summed E-state index contributed by atoms with van der Waals surface area (Å²) in [4.78, 5) is 40.1. The lowest BCUT2D eigenvalue weighted by atomic mass is 10.5. The highest BCUT2D eigenvalue weighted by atomic mass is 17.2. The maximum Gasteiger partial charge on any atom is 0.366 e. The van der Waals surface area contributed by atoms with E-state index in [0.29, 0.717) is 13.2 Å². The average Bonchev–Trinajstić information content (AvgIpc) is 2.41. The summed E-state index contributed by atoms with van der Waals surface area (Å²) in [6.45, 7) is 7.46. The third-order valence-electron chi connectivity index (χ3n) is 1.69. The fourth-order valence-corrected chi connectivity index (χ4v) is 0.947. The van der Waals surface area contributed by atoms with Gasteiger partial charge in [0.2, 0.25) is 0 Å². The molecule has 2 atom stereocenters. The van der Waals surface area contributed by atoms with Gasteiger partial charge < -0.3 is 9.47 Å². The van der Waals surface area contributed by atoms with Crippen LogP contribution in [0.4, 0.5) is 0 Å². The van der Waals surface area contributed by atoms with E-state index in [4.69, 9.17) is 9.47 Å². The van der Waals surface area contributed by atoms with E-state index in [-0.39, 0.29) is 0 Å². The van der Waals surface area contributed by atoms with E-state index < -0.39 is 24.5 Å². The largest absolute Gasteiger partial charge is 0.366 e. The number of ether oxygens (including phenoxy) is 2. The maximum absolute atomic E-state index is 11.1. The van der Waals surface area contributed by atoms with Gasteiger partial charge in [-0.15, -0.1) is 0 Å². The van der Waals surface area contributed by atoms with Gasteiger partial charge in [-0.05, 0) is 27.7 Å². The predicted molar refractivity (Wildman–Crippen MR) is 65.7 cm³/mol. The van der Waals surface area contributed by atoms with Gasteiger partial charge in [0.1, 0.15) is 0 Å². The van der Waals surface area contributed by atoms with Gasteiger partial charge in [0.25, 0.3) is 0 Å². The average molecular weight is 292 g/mol. The van der Waals surface area contributed by atoms with Gasteiger partial charge in [-0.1, -0.05) is 0 Å². The van der Waals surface area contributed by atoms with Crippen molar-refractivity contribution in [2.75, 3.05) is 13.2 Å². The van der Waals surface area contributed by atoms with Crippen molar-refractivity contribution in [3.05, 3.63) is 12.2 Å². The topological polar surface area (TPSA) is 89.5 Å². The molecule has 0 radical (unpaired) electrons. The molecule has 0 aromatic carbocycles. The number of carbonyl (C=O) groups is 2. The second-order valence-electron chi connectivity index (χ2n) is 3.38. The Morgan fingerprint density at radius 1 is 0.850 bits per heavy atom. The molecule has 0 aromatic rings.